The molecule has 0 saturated heterocycles. The summed E-state index contributed by atoms with van der Waals surface area (Å²) in [5.74, 6) is -0.766. The zero-order valence-electron chi connectivity index (χ0n) is 7.31. The number of hydrogen-bond donors (Lipinski definition) is 2. The van der Waals surface area contributed by atoms with Crippen LogP contribution in [0.4, 0.5) is 0 Å². The van der Waals surface area contributed by atoms with Gasteiger partial charge in [-0.2, -0.15) is 0 Å². The van der Waals surface area contributed by atoms with E-state index in [0.29, 0.717) is 11.0 Å². The van der Waals surface area contributed by atoms with E-state index in [1.54, 1.807) is 0 Å². The van der Waals surface area contributed by atoms with Gasteiger partial charge in [0, 0.05) is 6.07 Å². The van der Waals surface area contributed by atoms with Crippen molar-refractivity contribution in [2.75, 3.05) is 7.11 Å². The monoisotopic (exact) mass is 193 g/mol. The first kappa shape index (κ1) is 8.49. The average Bonchev–Trinajstić information content (AvgIpc) is 2.62. The molecule has 0 amide bonds. The number of aromatic amines is 1. The molecule has 0 bridgehead atoms. The largest absolute Gasteiger partial charge is 0.496 e. The zero-order valence-corrected chi connectivity index (χ0v) is 7.31. The number of ether oxygens (including phenoxy) is 1. The number of rotatable bonds is 2. The second-order valence-electron chi connectivity index (χ2n) is 2.69. The molecule has 0 atom stereocenters. The second-order valence-corrected chi connectivity index (χ2v) is 2.69. The number of fused-ring (bicyclic) bond motifs is 1. The number of methoxy groups -OCH3 is 1. The van der Waals surface area contributed by atoms with Crippen molar-refractivity contribution < 1.29 is 14.6 Å². The average molecular weight is 193 g/mol. The molecule has 14 heavy (non-hydrogen) atoms. The van der Waals surface area contributed by atoms with Gasteiger partial charge >= 0.3 is 5.97 Å². The standard InChI is InChI=1S/C8H7N3O3/c1-14-7-3-6-5(9-11-10-6)2-4(7)8(12)13/h2-3H,1H3,(H,12,13)(H,9,10,11). The van der Waals surface area contributed by atoms with Crippen LogP contribution in [0.5, 0.6) is 5.75 Å². The Bertz CT molecular complexity index is 492. The maximum absolute atomic E-state index is 10.8. The third-order valence-electron chi connectivity index (χ3n) is 1.88. The van der Waals surface area contributed by atoms with E-state index in [9.17, 15) is 4.79 Å². The molecular weight excluding hydrogens is 186 g/mol. The van der Waals surface area contributed by atoms with Crippen LogP contribution in [-0.4, -0.2) is 33.6 Å². The first-order valence-corrected chi connectivity index (χ1v) is 3.84. The molecule has 0 unspecified atom stereocenters. The van der Waals surface area contributed by atoms with Crippen LogP contribution in [0.3, 0.4) is 0 Å². The van der Waals surface area contributed by atoms with Crippen LogP contribution >= 0.6 is 0 Å². The third-order valence-corrected chi connectivity index (χ3v) is 1.88. The minimum Gasteiger partial charge on any atom is -0.496 e. The van der Waals surface area contributed by atoms with Crippen molar-refractivity contribution in [1.82, 2.24) is 15.4 Å². The van der Waals surface area contributed by atoms with E-state index in [4.69, 9.17) is 9.84 Å². The molecule has 2 N–H and O–H groups in total. The smallest absolute Gasteiger partial charge is 0.339 e. The number of carboxylic acid groups (broad SMARTS) is 1. The minimum absolute atomic E-state index is 0.0889. The SMILES string of the molecule is COc1cc2nn[nH]c2cc1C(=O)O. The van der Waals surface area contributed by atoms with Gasteiger partial charge in [-0.05, 0) is 6.07 Å². The number of aromatic carboxylic acids is 1. The number of aromatic nitrogens is 3. The summed E-state index contributed by atoms with van der Waals surface area (Å²) in [5, 5.41) is 18.7. The number of nitrogens with zero attached hydrogens (tertiary/aromatic N) is 2. The van der Waals surface area contributed by atoms with Crippen molar-refractivity contribution in [3.8, 4) is 5.75 Å². The lowest BCUT2D eigenvalue weighted by molar-refractivity contribution is 0.0693. The Labute approximate surface area is 78.5 Å². The molecule has 1 aromatic heterocycles. The van der Waals surface area contributed by atoms with Crippen molar-refractivity contribution in [3.63, 3.8) is 0 Å². The lowest BCUT2D eigenvalue weighted by atomic mass is 10.2. The number of hydrogen-bond acceptors (Lipinski definition) is 4. The van der Waals surface area contributed by atoms with Crippen LogP contribution in [0.15, 0.2) is 12.1 Å². The predicted molar refractivity (Wildman–Crippen MR) is 47.4 cm³/mol. The van der Waals surface area contributed by atoms with Crippen LogP contribution in [0.25, 0.3) is 11.0 Å². The third kappa shape index (κ3) is 1.17. The summed E-state index contributed by atoms with van der Waals surface area (Å²) in [6.07, 6.45) is 0. The zero-order chi connectivity index (χ0) is 10.1. The van der Waals surface area contributed by atoms with Crippen molar-refractivity contribution >= 4 is 17.0 Å². The van der Waals surface area contributed by atoms with Gasteiger partial charge in [-0.3, -0.25) is 5.10 Å². The van der Waals surface area contributed by atoms with Crippen molar-refractivity contribution in [3.05, 3.63) is 17.7 Å². The second kappa shape index (κ2) is 2.99. The first-order chi connectivity index (χ1) is 6.72. The molecular formula is C8H7N3O3. The summed E-state index contributed by atoms with van der Waals surface area (Å²) in [7, 11) is 1.41. The van der Waals surface area contributed by atoms with Gasteiger partial charge in [-0.1, -0.05) is 5.21 Å². The lowest BCUT2D eigenvalue weighted by Gasteiger charge is -2.03. The Morgan fingerprint density at radius 2 is 2.36 bits per heavy atom. The van der Waals surface area contributed by atoms with Gasteiger partial charge in [-0.25, -0.2) is 4.79 Å². The van der Waals surface area contributed by atoms with E-state index in [-0.39, 0.29) is 11.3 Å². The molecule has 0 aliphatic heterocycles. The minimum atomic E-state index is -1.04. The summed E-state index contributed by atoms with van der Waals surface area (Å²) in [5.41, 5.74) is 1.24. The van der Waals surface area contributed by atoms with E-state index < -0.39 is 5.97 Å². The number of H-pyrrole nitrogens is 1. The topological polar surface area (TPSA) is 88.1 Å². The van der Waals surface area contributed by atoms with Gasteiger partial charge in [0.05, 0.1) is 12.6 Å². The highest BCUT2D eigenvalue weighted by molar-refractivity contribution is 5.95. The molecule has 0 radical (unpaired) electrons. The van der Waals surface area contributed by atoms with Crippen molar-refractivity contribution in [2.45, 2.75) is 0 Å². The van der Waals surface area contributed by atoms with Gasteiger partial charge in [-0.15, -0.1) is 5.10 Å². The Hall–Kier alpha value is -2.11. The number of nitrogens with one attached hydrogen (secondary N) is 1. The Kier molecular flexibility index (Phi) is 1.81. The van der Waals surface area contributed by atoms with E-state index >= 15 is 0 Å². The van der Waals surface area contributed by atoms with Gasteiger partial charge in [0.25, 0.3) is 0 Å². The molecule has 0 aliphatic carbocycles. The molecule has 6 heteroatoms. The molecule has 0 fully saturated rings. The van der Waals surface area contributed by atoms with Crippen LogP contribution in [0, 0.1) is 0 Å². The quantitative estimate of drug-likeness (QED) is 0.731. The summed E-state index contributed by atoms with van der Waals surface area (Å²) in [6.45, 7) is 0. The first-order valence-electron chi connectivity index (χ1n) is 3.84. The molecule has 0 saturated carbocycles. The number of benzene rings is 1. The fourth-order valence-electron chi connectivity index (χ4n) is 1.21. The molecule has 0 aliphatic rings. The van der Waals surface area contributed by atoms with Crippen LogP contribution in [0.1, 0.15) is 10.4 Å². The van der Waals surface area contributed by atoms with E-state index in [2.05, 4.69) is 15.4 Å². The molecule has 2 rings (SSSR count). The van der Waals surface area contributed by atoms with Crippen molar-refractivity contribution in [2.24, 2.45) is 0 Å². The van der Waals surface area contributed by atoms with Crippen molar-refractivity contribution in [1.29, 1.82) is 0 Å². The summed E-state index contributed by atoms with van der Waals surface area (Å²) < 4.78 is 4.92. The summed E-state index contributed by atoms with van der Waals surface area (Å²) >= 11 is 0. The molecule has 0 spiro atoms. The Morgan fingerprint density at radius 1 is 1.57 bits per heavy atom. The molecule has 2 aromatic rings. The predicted octanol–water partition coefficient (Wildman–Crippen LogP) is 0.665. The Balaban J connectivity index is 2.72. The maximum Gasteiger partial charge on any atom is 0.339 e. The molecule has 1 heterocycles. The molecule has 72 valence electrons. The van der Waals surface area contributed by atoms with Gasteiger partial charge in [0.1, 0.15) is 16.8 Å². The fourth-order valence-corrected chi connectivity index (χ4v) is 1.21. The molecule has 1 aromatic carbocycles. The highest BCUT2D eigenvalue weighted by atomic mass is 16.5. The maximum atomic E-state index is 10.8. The number of carbonyl (C=O) groups is 1. The normalized spacial score (nSPS) is 10.4. The lowest BCUT2D eigenvalue weighted by Crippen LogP contribution is -2.00. The van der Waals surface area contributed by atoms with Gasteiger partial charge in [0.2, 0.25) is 0 Å². The Morgan fingerprint density at radius 3 is 3.00 bits per heavy atom. The van der Waals surface area contributed by atoms with E-state index in [0.717, 1.165) is 0 Å². The number of carboxylic acids is 1. The van der Waals surface area contributed by atoms with Crippen LogP contribution in [-0.2, 0) is 0 Å². The summed E-state index contributed by atoms with van der Waals surface area (Å²) in [4.78, 5) is 10.8. The van der Waals surface area contributed by atoms with Crippen LogP contribution < -0.4 is 4.74 Å². The molecule has 6 nitrogen and oxygen atoms in total. The summed E-state index contributed by atoms with van der Waals surface area (Å²) in [6, 6.07) is 2.97. The van der Waals surface area contributed by atoms with E-state index in [1.807, 2.05) is 0 Å². The van der Waals surface area contributed by atoms with Gasteiger partial charge in [0.15, 0.2) is 0 Å². The highest BCUT2D eigenvalue weighted by Crippen LogP contribution is 2.23. The van der Waals surface area contributed by atoms with E-state index in [1.165, 1.54) is 19.2 Å². The highest BCUT2D eigenvalue weighted by Gasteiger charge is 2.13. The van der Waals surface area contributed by atoms with Crippen LogP contribution in [0.2, 0.25) is 0 Å². The van der Waals surface area contributed by atoms with Gasteiger partial charge < -0.3 is 9.84 Å². The fraction of sp³-hybridized carbons (Fsp3) is 0.125.